The molecule has 3 aliphatic rings. The van der Waals surface area contributed by atoms with Crippen LogP contribution in [-0.2, 0) is 6.18 Å². The molecular weight excluding hydrogens is 375 g/mol. The van der Waals surface area contributed by atoms with Crippen molar-refractivity contribution in [1.82, 2.24) is 15.2 Å². The highest BCUT2D eigenvalue weighted by molar-refractivity contribution is 5.94. The predicted molar refractivity (Wildman–Crippen MR) is 93.0 cm³/mol. The van der Waals surface area contributed by atoms with Gasteiger partial charge in [-0.25, -0.2) is 0 Å². The van der Waals surface area contributed by atoms with Crippen LogP contribution in [0, 0.1) is 5.92 Å². The summed E-state index contributed by atoms with van der Waals surface area (Å²) in [5, 5.41) is 3.13. The van der Waals surface area contributed by atoms with Crippen molar-refractivity contribution in [3.63, 3.8) is 0 Å². The molecule has 2 aromatic rings. The molecule has 2 unspecified atom stereocenters. The second-order valence-electron chi connectivity index (χ2n) is 7.23. The molecule has 3 aliphatic heterocycles. The molecule has 2 bridgehead atoms. The zero-order valence-electron chi connectivity index (χ0n) is 15.2. The number of carbonyl (C=O) groups is 1. The number of rotatable bonds is 4. The van der Waals surface area contributed by atoms with E-state index in [0.29, 0.717) is 23.7 Å². The molecule has 0 spiro atoms. The molecular formula is C19H20F3N3O3. The summed E-state index contributed by atoms with van der Waals surface area (Å²) in [4.78, 5) is 18.4. The van der Waals surface area contributed by atoms with Gasteiger partial charge in [0.1, 0.15) is 5.75 Å². The number of benzene rings is 1. The first-order valence-corrected chi connectivity index (χ1v) is 9.17. The summed E-state index contributed by atoms with van der Waals surface area (Å²) >= 11 is 0. The standard InChI is InChI=1S/C19H20F3N3O3/c1-11-16(12-6-8-25(11)9-7-12)24-17(26)13-2-4-14(5-3-13)27-18-23-10-15(28-18)19(20,21)22/h2-5,10-12,16H,6-9H2,1H3,(H,24,26). The van der Waals surface area contributed by atoms with Crippen molar-refractivity contribution < 1.29 is 27.1 Å². The molecule has 1 amide bonds. The minimum absolute atomic E-state index is 0.124. The van der Waals surface area contributed by atoms with E-state index in [1.807, 2.05) is 0 Å². The first kappa shape index (κ1) is 18.8. The second-order valence-corrected chi connectivity index (χ2v) is 7.23. The first-order chi connectivity index (χ1) is 13.3. The third-order valence-electron chi connectivity index (χ3n) is 5.56. The minimum Gasteiger partial charge on any atom is -0.411 e. The van der Waals surface area contributed by atoms with Gasteiger partial charge in [-0.3, -0.25) is 9.69 Å². The number of fused-ring (bicyclic) bond motifs is 3. The van der Waals surface area contributed by atoms with Crippen molar-refractivity contribution in [2.24, 2.45) is 5.92 Å². The van der Waals surface area contributed by atoms with Crippen LogP contribution in [-0.4, -0.2) is 41.0 Å². The molecule has 0 saturated carbocycles. The monoisotopic (exact) mass is 395 g/mol. The van der Waals surface area contributed by atoms with E-state index in [4.69, 9.17) is 4.74 Å². The fourth-order valence-electron chi connectivity index (χ4n) is 3.99. The molecule has 2 atom stereocenters. The fourth-order valence-corrected chi connectivity index (χ4v) is 3.99. The number of alkyl halides is 3. The summed E-state index contributed by atoms with van der Waals surface area (Å²) in [6.07, 6.45) is -2.38. The number of halogens is 3. The van der Waals surface area contributed by atoms with Crippen LogP contribution in [0.25, 0.3) is 0 Å². The van der Waals surface area contributed by atoms with Crippen molar-refractivity contribution in [1.29, 1.82) is 0 Å². The Balaban J connectivity index is 1.39. The quantitative estimate of drug-likeness (QED) is 0.855. The summed E-state index contributed by atoms with van der Waals surface area (Å²) in [5.74, 6) is -0.680. The number of hydrogen-bond donors (Lipinski definition) is 1. The van der Waals surface area contributed by atoms with Gasteiger partial charge in [-0.05, 0) is 63.0 Å². The lowest BCUT2D eigenvalue weighted by atomic mass is 9.79. The average Bonchev–Trinajstić information content (AvgIpc) is 3.14. The van der Waals surface area contributed by atoms with Gasteiger partial charge in [-0.1, -0.05) is 0 Å². The zero-order chi connectivity index (χ0) is 19.9. The molecule has 4 heterocycles. The summed E-state index contributed by atoms with van der Waals surface area (Å²) in [5.41, 5.74) is 0.458. The number of carbonyl (C=O) groups excluding carboxylic acids is 1. The largest absolute Gasteiger partial charge is 0.451 e. The Labute approximate surface area is 159 Å². The topological polar surface area (TPSA) is 67.6 Å². The third kappa shape index (κ3) is 3.71. The molecule has 3 saturated heterocycles. The van der Waals surface area contributed by atoms with Crippen LogP contribution in [0.3, 0.4) is 0 Å². The van der Waals surface area contributed by atoms with E-state index in [9.17, 15) is 18.0 Å². The SMILES string of the molecule is CC1C(NC(=O)c2ccc(Oc3ncc(C(F)(F)F)o3)cc2)C2CCN1CC2. The molecule has 1 N–H and O–H groups in total. The molecule has 1 aromatic heterocycles. The summed E-state index contributed by atoms with van der Waals surface area (Å²) < 4.78 is 47.3. The Morgan fingerprint density at radius 3 is 2.50 bits per heavy atom. The Morgan fingerprint density at radius 2 is 1.93 bits per heavy atom. The molecule has 150 valence electrons. The van der Waals surface area contributed by atoms with Crippen LogP contribution < -0.4 is 10.1 Å². The maximum Gasteiger partial charge on any atom is 0.451 e. The lowest BCUT2D eigenvalue weighted by Crippen LogP contribution is -2.62. The van der Waals surface area contributed by atoms with E-state index < -0.39 is 18.0 Å². The van der Waals surface area contributed by atoms with Gasteiger partial charge in [0.05, 0.1) is 6.20 Å². The number of amides is 1. The lowest BCUT2D eigenvalue weighted by Gasteiger charge is -2.49. The van der Waals surface area contributed by atoms with E-state index >= 15 is 0 Å². The number of nitrogens with zero attached hydrogens (tertiary/aromatic N) is 2. The van der Waals surface area contributed by atoms with Crippen LogP contribution in [0.4, 0.5) is 13.2 Å². The van der Waals surface area contributed by atoms with Crippen LogP contribution >= 0.6 is 0 Å². The molecule has 0 radical (unpaired) electrons. The van der Waals surface area contributed by atoms with Crippen molar-refractivity contribution in [2.45, 2.75) is 38.0 Å². The van der Waals surface area contributed by atoms with E-state index in [1.54, 1.807) is 12.1 Å². The lowest BCUT2D eigenvalue weighted by molar-refractivity contribution is -0.153. The van der Waals surface area contributed by atoms with Crippen molar-refractivity contribution in [2.75, 3.05) is 13.1 Å². The van der Waals surface area contributed by atoms with Crippen LogP contribution in [0.1, 0.15) is 35.9 Å². The van der Waals surface area contributed by atoms with Gasteiger partial charge in [-0.15, -0.1) is 0 Å². The van der Waals surface area contributed by atoms with Gasteiger partial charge in [-0.2, -0.15) is 18.2 Å². The predicted octanol–water partition coefficient (Wildman–Crippen LogP) is 3.70. The van der Waals surface area contributed by atoms with E-state index in [0.717, 1.165) is 25.9 Å². The highest BCUT2D eigenvalue weighted by Gasteiger charge is 2.40. The molecule has 5 rings (SSSR count). The van der Waals surface area contributed by atoms with Crippen LogP contribution in [0.2, 0.25) is 0 Å². The molecule has 28 heavy (non-hydrogen) atoms. The summed E-state index contributed by atoms with van der Waals surface area (Å²) in [6.45, 7) is 4.31. The Hall–Kier alpha value is -2.55. The number of piperidine rings is 3. The highest BCUT2D eigenvalue weighted by Crippen LogP contribution is 2.33. The summed E-state index contributed by atoms with van der Waals surface area (Å²) in [7, 11) is 0. The Kier molecular flexibility index (Phi) is 4.78. The molecule has 9 heteroatoms. The molecule has 6 nitrogen and oxygen atoms in total. The van der Waals surface area contributed by atoms with E-state index in [-0.39, 0.29) is 17.7 Å². The molecule has 3 fully saturated rings. The number of aromatic nitrogens is 1. The maximum absolute atomic E-state index is 12.6. The second kappa shape index (κ2) is 7.12. The third-order valence-corrected chi connectivity index (χ3v) is 5.56. The summed E-state index contributed by atoms with van der Waals surface area (Å²) in [6, 6.07) is 6.54. The van der Waals surface area contributed by atoms with Gasteiger partial charge in [0, 0.05) is 17.6 Å². The minimum atomic E-state index is -4.62. The van der Waals surface area contributed by atoms with Crippen molar-refractivity contribution >= 4 is 5.91 Å². The van der Waals surface area contributed by atoms with Gasteiger partial charge >= 0.3 is 12.3 Å². The number of oxazole rings is 1. The maximum atomic E-state index is 12.6. The Bertz CT molecular complexity index is 840. The zero-order valence-corrected chi connectivity index (χ0v) is 15.2. The van der Waals surface area contributed by atoms with Gasteiger partial charge in [0.2, 0.25) is 5.76 Å². The molecule has 1 aromatic carbocycles. The number of nitrogens with one attached hydrogen (secondary N) is 1. The average molecular weight is 395 g/mol. The number of hydrogen-bond acceptors (Lipinski definition) is 5. The van der Waals surface area contributed by atoms with Gasteiger partial charge in [0.15, 0.2) is 0 Å². The number of ether oxygens (including phenoxy) is 1. The van der Waals surface area contributed by atoms with E-state index in [2.05, 4.69) is 26.5 Å². The first-order valence-electron chi connectivity index (χ1n) is 9.17. The van der Waals surface area contributed by atoms with Gasteiger partial charge < -0.3 is 14.5 Å². The van der Waals surface area contributed by atoms with Crippen molar-refractivity contribution in [3.8, 4) is 11.8 Å². The molecule has 0 aliphatic carbocycles. The van der Waals surface area contributed by atoms with Gasteiger partial charge in [0.25, 0.3) is 5.91 Å². The van der Waals surface area contributed by atoms with E-state index in [1.165, 1.54) is 12.1 Å². The normalized spacial score (nSPS) is 26.9. The Morgan fingerprint density at radius 1 is 1.25 bits per heavy atom. The fraction of sp³-hybridized carbons (Fsp3) is 0.474. The van der Waals surface area contributed by atoms with Crippen molar-refractivity contribution in [3.05, 3.63) is 41.8 Å². The van der Waals surface area contributed by atoms with Crippen LogP contribution in [0.5, 0.6) is 11.8 Å². The smallest absolute Gasteiger partial charge is 0.411 e. The highest BCUT2D eigenvalue weighted by atomic mass is 19.4. The van der Waals surface area contributed by atoms with Crippen LogP contribution in [0.15, 0.2) is 34.9 Å².